The molecule has 1 aromatic carbocycles. The summed E-state index contributed by atoms with van der Waals surface area (Å²) in [6.45, 7) is 24.9. The predicted octanol–water partition coefficient (Wildman–Crippen LogP) is 6.50. The van der Waals surface area contributed by atoms with E-state index in [-0.39, 0.29) is 49.5 Å². The van der Waals surface area contributed by atoms with E-state index in [4.69, 9.17) is 24.7 Å². The molecular weight excluding hydrogens is 765 g/mol. The maximum Gasteiger partial charge on any atom is 0.357 e. The molecule has 0 aliphatic rings. The zero-order valence-corrected chi connectivity index (χ0v) is 37.9. The Morgan fingerprint density at radius 2 is 0.867 bits per heavy atom. The predicted molar refractivity (Wildman–Crippen MR) is 232 cm³/mol. The lowest BCUT2D eigenvalue weighted by Gasteiger charge is -2.30. The summed E-state index contributed by atoms with van der Waals surface area (Å²) in [5, 5.41) is 0. The Hall–Kier alpha value is -4.92. The van der Waals surface area contributed by atoms with E-state index in [0.29, 0.717) is 49.8 Å². The minimum absolute atomic E-state index is 0.00809. The van der Waals surface area contributed by atoms with E-state index >= 15 is 0 Å². The Bertz CT molecular complexity index is 1760. The van der Waals surface area contributed by atoms with Crippen molar-refractivity contribution in [3.63, 3.8) is 0 Å². The van der Waals surface area contributed by atoms with E-state index in [1.165, 1.54) is 0 Å². The van der Waals surface area contributed by atoms with Crippen LogP contribution < -0.4 is 5.73 Å². The zero-order chi connectivity index (χ0) is 44.9. The summed E-state index contributed by atoms with van der Waals surface area (Å²) >= 11 is 0. The molecule has 60 heavy (non-hydrogen) atoms. The minimum Gasteiger partial charge on any atom is -0.459 e. The molecule has 0 amide bonds. The first-order valence-corrected chi connectivity index (χ1v) is 20.6. The van der Waals surface area contributed by atoms with Gasteiger partial charge in [0.1, 0.15) is 33.8 Å². The molecule has 0 unspecified atom stereocenters. The number of carbonyl (C=O) groups excluding carboxylic acids is 4. The first-order valence-electron chi connectivity index (χ1n) is 20.6. The van der Waals surface area contributed by atoms with E-state index in [1.807, 2.05) is 87.7 Å². The summed E-state index contributed by atoms with van der Waals surface area (Å²) < 4.78 is 22.5. The molecule has 330 valence electrons. The third kappa shape index (κ3) is 20.4. The summed E-state index contributed by atoms with van der Waals surface area (Å²) in [6.07, 6.45) is 0.720. The van der Waals surface area contributed by atoms with Crippen LogP contribution in [0.1, 0.15) is 121 Å². The van der Waals surface area contributed by atoms with Gasteiger partial charge in [-0.2, -0.15) is 0 Å². The van der Waals surface area contributed by atoms with Crippen LogP contribution in [-0.2, 0) is 48.0 Å². The average molecular weight is 833 g/mol. The van der Waals surface area contributed by atoms with Gasteiger partial charge in [-0.05, 0) is 131 Å². The number of nitrogens with zero attached hydrogens (tertiary/aromatic N) is 5. The molecule has 3 aromatic rings. The second kappa shape index (κ2) is 21.6. The highest BCUT2D eigenvalue weighted by atomic mass is 16.6. The number of rotatable bonds is 19. The summed E-state index contributed by atoms with van der Waals surface area (Å²) in [6, 6.07) is 18.1. The summed E-state index contributed by atoms with van der Waals surface area (Å²) in [5.74, 6) is -1.83. The molecule has 0 saturated carbocycles. The van der Waals surface area contributed by atoms with Crippen LogP contribution in [0, 0.1) is 0 Å². The van der Waals surface area contributed by atoms with E-state index < -0.39 is 34.3 Å². The number of pyridine rings is 2. The monoisotopic (exact) mass is 833 g/mol. The third-order valence-corrected chi connectivity index (χ3v) is 8.31. The second-order valence-corrected chi connectivity index (χ2v) is 19.0. The van der Waals surface area contributed by atoms with Gasteiger partial charge in [0.2, 0.25) is 0 Å². The normalized spacial score (nSPS) is 12.4. The molecule has 14 heteroatoms. The van der Waals surface area contributed by atoms with Crippen molar-refractivity contribution in [1.82, 2.24) is 24.7 Å². The number of nitrogens with two attached hydrogens (primary N) is 1. The molecule has 0 radical (unpaired) electrons. The molecule has 2 N–H and O–H groups in total. The highest BCUT2D eigenvalue weighted by Gasteiger charge is 2.25. The van der Waals surface area contributed by atoms with Crippen LogP contribution in [0.15, 0.2) is 60.7 Å². The van der Waals surface area contributed by atoms with Gasteiger partial charge < -0.3 is 29.6 Å². The van der Waals surface area contributed by atoms with Crippen molar-refractivity contribution >= 4 is 29.6 Å². The maximum atomic E-state index is 13.2. The highest BCUT2D eigenvalue weighted by Crippen LogP contribution is 2.16. The van der Waals surface area contributed by atoms with E-state index in [0.717, 1.165) is 12.0 Å². The van der Waals surface area contributed by atoms with Gasteiger partial charge >= 0.3 is 23.9 Å². The van der Waals surface area contributed by atoms with Crippen molar-refractivity contribution in [2.75, 3.05) is 51.5 Å². The van der Waals surface area contributed by atoms with Gasteiger partial charge in [-0.3, -0.25) is 19.4 Å². The largest absolute Gasteiger partial charge is 0.459 e. The Morgan fingerprint density at radius 3 is 1.23 bits per heavy atom. The van der Waals surface area contributed by atoms with Crippen LogP contribution >= 0.6 is 0 Å². The smallest absolute Gasteiger partial charge is 0.357 e. The summed E-state index contributed by atoms with van der Waals surface area (Å²) in [5.41, 5.74) is 6.59. The molecule has 0 atom stereocenters. The molecule has 0 aliphatic heterocycles. The van der Waals surface area contributed by atoms with Crippen molar-refractivity contribution in [3.8, 4) is 0 Å². The summed E-state index contributed by atoms with van der Waals surface area (Å²) in [4.78, 5) is 67.6. The molecular formula is C46H68N6O8. The van der Waals surface area contributed by atoms with Gasteiger partial charge in [-0.25, -0.2) is 19.6 Å². The van der Waals surface area contributed by atoms with E-state index in [2.05, 4.69) is 14.9 Å². The van der Waals surface area contributed by atoms with Gasteiger partial charge in [0.25, 0.3) is 0 Å². The topological polar surface area (TPSA) is 167 Å². The molecule has 2 heterocycles. The fourth-order valence-electron chi connectivity index (χ4n) is 5.89. The molecule has 3 rings (SSSR count). The lowest BCUT2D eigenvalue weighted by atomic mass is 10.1. The molecule has 0 aliphatic carbocycles. The number of anilines is 1. The van der Waals surface area contributed by atoms with Gasteiger partial charge in [0.05, 0.1) is 24.5 Å². The fraction of sp³-hybridized carbons (Fsp3) is 0.565. The second-order valence-electron chi connectivity index (χ2n) is 19.0. The van der Waals surface area contributed by atoms with Crippen LogP contribution in [0.5, 0.6) is 0 Å². The lowest BCUT2D eigenvalue weighted by molar-refractivity contribution is -0.157. The molecule has 2 aromatic heterocycles. The standard InChI is InChI=1S/C46H68N6O8/c1-43(2,3)57-39(53)31-51(29-35-15-13-17-37(48-35)41(55)59-45(7,8)9)27-25-50(24-23-33-19-21-34(47)22-20-33)26-28-52(32-40(54)58-44(4,5)6)30-36-16-14-18-38(49-36)42(56)60-46(10,11)12/h13-22H,23-32,47H2,1-12H3. The SMILES string of the molecule is CC(C)(C)OC(=O)CN(CCN(CCc1ccc(N)cc1)CCN(CC(=O)OC(C)(C)C)Cc1cccc(C(=O)OC(C)(C)C)n1)Cc1cccc(C(=O)OC(C)(C)C)n1. The highest BCUT2D eigenvalue weighted by molar-refractivity contribution is 5.88. The molecule has 0 saturated heterocycles. The van der Waals surface area contributed by atoms with Crippen molar-refractivity contribution in [3.05, 3.63) is 89.0 Å². The van der Waals surface area contributed by atoms with Crippen LogP contribution in [0.4, 0.5) is 5.69 Å². The van der Waals surface area contributed by atoms with Gasteiger partial charge in [-0.15, -0.1) is 0 Å². The van der Waals surface area contributed by atoms with Crippen LogP contribution in [-0.4, -0.2) is 117 Å². The van der Waals surface area contributed by atoms with Gasteiger partial charge in [0, 0.05) is 51.5 Å². The lowest BCUT2D eigenvalue weighted by Crippen LogP contribution is -2.43. The maximum absolute atomic E-state index is 13.2. The van der Waals surface area contributed by atoms with Crippen molar-refractivity contribution in [2.24, 2.45) is 0 Å². The van der Waals surface area contributed by atoms with Crippen molar-refractivity contribution < 1.29 is 38.1 Å². The number of carbonyl (C=O) groups is 4. The molecule has 0 spiro atoms. The van der Waals surface area contributed by atoms with E-state index in [9.17, 15) is 19.2 Å². The van der Waals surface area contributed by atoms with Crippen molar-refractivity contribution in [1.29, 1.82) is 0 Å². The molecule has 0 bridgehead atoms. The fourth-order valence-corrected chi connectivity index (χ4v) is 5.89. The first-order chi connectivity index (χ1) is 27.7. The summed E-state index contributed by atoms with van der Waals surface area (Å²) in [7, 11) is 0. The van der Waals surface area contributed by atoms with Crippen molar-refractivity contribution in [2.45, 2.75) is 125 Å². The number of ether oxygens (including phenoxy) is 4. The molecule has 14 nitrogen and oxygen atoms in total. The van der Waals surface area contributed by atoms with Crippen LogP contribution in [0.3, 0.4) is 0 Å². The Kier molecular flexibility index (Phi) is 17.8. The quantitative estimate of drug-likeness (QED) is 0.0790. The Labute approximate surface area is 357 Å². The number of nitrogen functional groups attached to an aromatic ring is 1. The van der Waals surface area contributed by atoms with Crippen LogP contribution in [0.25, 0.3) is 0 Å². The zero-order valence-electron chi connectivity index (χ0n) is 37.9. The first kappa shape index (κ1) is 49.4. The molecule has 0 fully saturated rings. The van der Waals surface area contributed by atoms with Gasteiger partial charge in [0.15, 0.2) is 0 Å². The average Bonchev–Trinajstić information content (AvgIpc) is 3.09. The number of esters is 4. The van der Waals surface area contributed by atoms with Gasteiger partial charge in [-0.1, -0.05) is 24.3 Å². The minimum atomic E-state index is -0.684. The number of hydrogen-bond acceptors (Lipinski definition) is 14. The number of aromatic nitrogens is 2. The van der Waals surface area contributed by atoms with Crippen LogP contribution in [0.2, 0.25) is 0 Å². The number of hydrogen-bond donors (Lipinski definition) is 1. The van der Waals surface area contributed by atoms with E-state index in [1.54, 1.807) is 65.8 Å². The third-order valence-electron chi connectivity index (χ3n) is 8.31. The Balaban J connectivity index is 1.90. The Morgan fingerprint density at radius 1 is 0.500 bits per heavy atom. The number of benzene rings is 1.